The Labute approximate surface area is 60.9 Å². The fourth-order valence-corrected chi connectivity index (χ4v) is 35.9. The Hall–Kier alpha value is 1.10. The van der Waals surface area contributed by atoms with Crippen LogP contribution in [0.2, 0.25) is 0 Å². The Morgan fingerprint density at radius 2 is 0.909 bits per heavy atom. The van der Waals surface area contributed by atoms with E-state index in [0.717, 1.165) is 0 Å². The third-order valence-electron chi connectivity index (χ3n) is 0.742. The van der Waals surface area contributed by atoms with Crippen LogP contribution < -0.4 is 43.2 Å². The Morgan fingerprint density at radius 3 is 0.909 bits per heavy atom. The Bertz CT molecular complexity index is 230. The first-order valence-electron chi connectivity index (χ1n) is 1.91. The summed E-state index contributed by atoms with van der Waals surface area (Å²) in [5.74, 6) is 0. The van der Waals surface area contributed by atoms with Gasteiger partial charge < -0.3 is 0 Å². The van der Waals surface area contributed by atoms with Crippen LogP contribution in [0.1, 0.15) is 0 Å². The normalized spacial score (nSPS) is 60.5. The van der Waals surface area contributed by atoms with Gasteiger partial charge in [-0.25, -0.2) is 0 Å². The molecule has 0 atom stereocenters. The second-order valence-corrected chi connectivity index (χ2v) is 21.4. The molecule has 0 aromatic heterocycles. The van der Waals surface area contributed by atoms with E-state index in [1.165, 1.54) is 0 Å². The maximum absolute atomic E-state index is 10.5. The summed E-state index contributed by atoms with van der Waals surface area (Å²) in [6, 6.07) is 0. The van der Waals surface area contributed by atoms with Gasteiger partial charge in [0.15, 0.2) is 0 Å². The zero-order valence-corrected chi connectivity index (χ0v) is 8.90. The molecule has 3 aliphatic rings. The molecule has 0 radical (unpaired) electrons. The van der Waals surface area contributed by atoms with Crippen LogP contribution in [-0.2, 0) is 4.19 Å². The quantitative estimate of drug-likeness (QED) is 0.289. The van der Waals surface area contributed by atoms with Crippen LogP contribution in [0, 0.1) is 0 Å². The van der Waals surface area contributed by atoms with Crippen molar-refractivity contribution in [2.45, 2.75) is 0 Å². The summed E-state index contributed by atoms with van der Waals surface area (Å²) in [7, 11) is 0. The van der Waals surface area contributed by atoms with Crippen molar-refractivity contribution < 1.29 is 61.1 Å². The minimum absolute atomic E-state index is 3.18. The molecule has 9 nitrogen and oxygen atoms in total. The standard InChI is InChI=1S/H4I2O9/c3-1(4,5)9-2(6,7,8,10-1)11-1/h3-4,6-7H. The molecule has 0 aromatic rings. The van der Waals surface area contributed by atoms with E-state index in [2.05, 4.69) is 4.19 Å². The van der Waals surface area contributed by atoms with Crippen molar-refractivity contribution >= 4 is 0 Å². The van der Waals surface area contributed by atoms with Crippen molar-refractivity contribution in [1.29, 1.82) is 0 Å². The fourth-order valence-electron chi connectivity index (χ4n) is 0.799. The van der Waals surface area contributed by atoms with E-state index in [0.29, 0.717) is 0 Å². The van der Waals surface area contributed by atoms with Gasteiger partial charge in [-0.1, -0.05) is 0 Å². The molecule has 72 valence electrons. The van der Waals surface area contributed by atoms with Crippen LogP contribution in [-0.4, -0.2) is 13.7 Å². The maximum atomic E-state index is 10.5. The van der Waals surface area contributed by atoms with Gasteiger partial charge in [0.1, 0.15) is 0 Å². The van der Waals surface area contributed by atoms with Gasteiger partial charge in [-0.3, -0.25) is 0 Å². The first-order chi connectivity index (χ1) is 4.18. The van der Waals surface area contributed by atoms with E-state index in [9.17, 15) is 6.87 Å². The minimum atomic E-state index is -7.61. The summed E-state index contributed by atoms with van der Waals surface area (Å²) >= 11 is -15.2. The van der Waals surface area contributed by atoms with Crippen LogP contribution in [0.25, 0.3) is 0 Å². The summed E-state index contributed by atoms with van der Waals surface area (Å²) in [5.41, 5.74) is 0. The van der Waals surface area contributed by atoms with Gasteiger partial charge in [0.2, 0.25) is 0 Å². The molecule has 0 amide bonds. The molecule has 2 bridgehead atoms. The molecule has 0 aliphatic carbocycles. The third-order valence-corrected chi connectivity index (χ3v) is 33.4. The summed E-state index contributed by atoms with van der Waals surface area (Å²) in [5, 5.41) is 0. The predicted molar refractivity (Wildman–Crippen MR) is 12.1 cm³/mol. The molecule has 3 aliphatic heterocycles. The van der Waals surface area contributed by atoms with E-state index in [4.69, 9.17) is 13.7 Å². The second kappa shape index (κ2) is 0.974. The van der Waals surface area contributed by atoms with Crippen LogP contribution in [0.4, 0.5) is 0 Å². The average molecular weight is 402 g/mol. The molecule has 4 N–H and O–H groups in total. The molecule has 3 saturated heterocycles. The molecule has 0 spiro atoms. The van der Waals surface area contributed by atoms with Crippen molar-refractivity contribution in [2.24, 2.45) is 0 Å². The van der Waals surface area contributed by atoms with Crippen LogP contribution in [0.15, 0.2) is 0 Å². The Morgan fingerprint density at radius 1 is 0.727 bits per heavy atom. The zero-order chi connectivity index (χ0) is 8.94. The summed E-state index contributed by atoms with van der Waals surface area (Å²) in [4.78, 5) is 0. The molecule has 11 heavy (non-hydrogen) atoms. The number of rotatable bonds is 0. The van der Waals surface area contributed by atoms with Gasteiger partial charge in [-0.05, 0) is 0 Å². The summed E-state index contributed by atoms with van der Waals surface area (Å²) in [6.07, 6.45) is 0. The molecular formula is H4I2O9. The van der Waals surface area contributed by atoms with Crippen molar-refractivity contribution in [3.63, 3.8) is 0 Å². The molecule has 0 aromatic carbocycles. The van der Waals surface area contributed by atoms with E-state index < -0.39 is 36.3 Å². The SMILES string of the molecule is [O-][I+]12(O)(O)O[I+]([O-])(O)(O)(O1)O2. The second-order valence-electron chi connectivity index (χ2n) is 2.19. The monoisotopic (exact) mass is 402 g/mol. The number of hydrogen-bond donors (Lipinski definition) is 4. The van der Waals surface area contributed by atoms with Crippen molar-refractivity contribution in [3.8, 4) is 0 Å². The number of hydrogen-bond acceptors (Lipinski definition) is 9. The molecule has 3 fully saturated rings. The molecule has 0 unspecified atom stereocenters. The van der Waals surface area contributed by atoms with Gasteiger partial charge in [-0.15, -0.1) is 0 Å². The van der Waals surface area contributed by atoms with Crippen LogP contribution in [0.5, 0.6) is 0 Å². The number of halogens is 2. The topological polar surface area (TPSA) is 155 Å². The van der Waals surface area contributed by atoms with E-state index in [-0.39, 0.29) is 0 Å². The van der Waals surface area contributed by atoms with Crippen LogP contribution >= 0.6 is 0 Å². The van der Waals surface area contributed by atoms with Crippen molar-refractivity contribution in [1.82, 2.24) is 0 Å². The zero-order valence-electron chi connectivity index (χ0n) is 4.59. The van der Waals surface area contributed by atoms with Gasteiger partial charge >= 0.3 is 61.1 Å². The van der Waals surface area contributed by atoms with E-state index >= 15 is 0 Å². The third kappa shape index (κ3) is 0.950. The van der Waals surface area contributed by atoms with Crippen molar-refractivity contribution in [3.05, 3.63) is 0 Å². The van der Waals surface area contributed by atoms with Gasteiger partial charge in [-0.2, -0.15) is 0 Å². The van der Waals surface area contributed by atoms with Crippen molar-refractivity contribution in [2.75, 3.05) is 0 Å². The molecule has 3 heterocycles. The van der Waals surface area contributed by atoms with E-state index in [1.54, 1.807) is 0 Å². The molecule has 11 heteroatoms. The van der Waals surface area contributed by atoms with Gasteiger partial charge in [0, 0.05) is 0 Å². The summed E-state index contributed by atoms with van der Waals surface area (Å²) in [6.45, 7) is 0. The Balaban J connectivity index is 2.51. The Kier molecular flexibility index (Phi) is 0.769. The molecule has 0 saturated carbocycles. The van der Waals surface area contributed by atoms with Crippen LogP contribution in [0.3, 0.4) is 0 Å². The van der Waals surface area contributed by atoms with Gasteiger partial charge in [0.25, 0.3) is 0 Å². The predicted octanol–water partition coefficient (Wildman–Crippen LogP) is -10.8. The molecule has 3 rings (SSSR count). The van der Waals surface area contributed by atoms with Gasteiger partial charge in [0.05, 0.1) is 0 Å². The summed E-state index contributed by atoms with van der Waals surface area (Å²) < 4.78 is 64.4. The first kappa shape index (κ1) is 8.69. The molecular weight excluding hydrogens is 398 g/mol. The fraction of sp³-hybridized carbons (Fsp3) is 0. The first-order valence-corrected chi connectivity index (χ1v) is 12.8. The average Bonchev–Trinajstić information content (AvgIpc) is 1.04. The van der Waals surface area contributed by atoms with E-state index in [1.807, 2.05) is 0 Å².